The van der Waals surface area contributed by atoms with Crippen molar-refractivity contribution in [1.29, 1.82) is 0 Å². The molecule has 1 amide bonds. The Labute approximate surface area is 198 Å². The van der Waals surface area contributed by atoms with E-state index in [4.69, 9.17) is 14.6 Å². The maximum absolute atomic E-state index is 13.5. The Bertz CT molecular complexity index is 1140. The summed E-state index contributed by atoms with van der Waals surface area (Å²) in [6.07, 6.45) is 4.65. The van der Waals surface area contributed by atoms with Gasteiger partial charge in [0.25, 0.3) is 5.69 Å². The minimum absolute atomic E-state index is 0.0249. The average molecular weight is 465 g/mol. The van der Waals surface area contributed by atoms with Gasteiger partial charge in [-0.3, -0.25) is 19.8 Å². The van der Waals surface area contributed by atoms with Crippen LogP contribution in [-0.4, -0.2) is 47.2 Å². The van der Waals surface area contributed by atoms with Gasteiger partial charge in [0.15, 0.2) is 11.5 Å². The molecular weight excluding hydrogens is 436 g/mol. The molecule has 1 aliphatic carbocycles. The number of nitrogens with zero attached hydrogens (tertiary/aromatic N) is 4. The Morgan fingerprint density at radius 3 is 2.35 bits per heavy atom. The molecular formula is C25H28N4O5. The molecule has 0 spiro atoms. The third-order valence-corrected chi connectivity index (χ3v) is 7.05. The predicted octanol–water partition coefficient (Wildman–Crippen LogP) is 4.37. The lowest BCUT2D eigenvalue weighted by Gasteiger charge is -2.49. The fraction of sp³-hybridized carbons (Fsp3) is 0.440. The first-order chi connectivity index (χ1) is 16.5. The van der Waals surface area contributed by atoms with Crippen LogP contribution in [0.4, 0.5) is 5.69 Å². The molecule has 2 aliphatic heterocycles. The molecule has 0 aromatic heterocycles. The Morgan fingerprint density at radius 2 is 1.71 bits per heavy atom. The maximum atomic E-state index is 13.5. The second kappa shape index (κ2) is 9.06. The molecule has 2 aromatic rings. The number of amides is 1. The summed E-state index contributed by atoms with van der Waals surface area (Å²) < 4.78 is 11.0. The molecule has 178 valence electrons. The first-order valence-electron chi connectivity index (χ1n) is 11.6. The molecule has 0 radical (unpaired) electrons. The highest BCUT2D eigenvalue weighted by atomic mass is 16.6. The summed E-state index contributed by atoms with van der Waals surface area (Å²) in [6, 6.07) is 10.3. The Morgan fingerprint density at radius 1 is 1.03 bits per heavy atom. The van der Waals surface area contributed by atoms with E-state index in [9.17, 15) is 14.9 Å². The van der Waals surface area contributed by atoms with E-state index >= 15 is 0 Å². The van der Waals surface area contributed by atoms with E-state index in [1.165, 1.54) is 12.1 Å². The smallest absolute Gasteiger partial charge is 0.269 e. The lowest BCUT2D eigenvalue weighted by atomic mass is 9.87. The van der Waals surface area contributed by atoms with Crippen molar-refractivity contribution in [2.45, 2.75) is 50.7 Å². The first kappa shape index (κ1) is 22.3. The van der Waals surface area contributed by atoms with Crippen molar-refractivity contribution in [1.82, 2.24) is 9.91 Å². The highest BCUT2D eigenvalue weighted by Crippen LogP contribution is 2.47. The molecule has 0 N–H and O–H groups in total. The average Bonchev–Trinajstić information content (AvgIpc) is 3.37. The summed E-state index contributed by atoms with van der Waals surface area (Å²) in [7, 11) is 3.23. The van der Waals surface area contributed by atoms with Crippen molar-refractivity contribution in [3.8, 4) is 11.5 Å². The molecule has 9 nitrogen and oxygen atoms in total. The second-order valence-electron chi connectivity index (χ2n) is 8.95. The van der Waals surface area contributed by atoms with Crippen LogP contribution in [0.1, 0.15) is 61.0 Å². The highest BCUT2D eigenvalue weighted by Gasteiger charge is 2.44. The summed E-state index contributed by atoms with van der Waals surface area (Å²) in [5, 5.41) is 17.6. The molecule has 2 unspecified atom stereocenters. The SMILES string of the molecule is COc1cc2c(cc1OC)C1CC(=O)N(N=C3CCCC3)C(c3ccc([N+](=O)[O-])cc3)N1CC2. The Hall–Kier alpha value is -3.46. The van der Waals surface area contributed by atoms with Gasteiger partial charge < -0.3 is 9.47 Å². The van der Waals surface area contributed by atoms with Crippen molar-refractivity contribution in [2.75, 3.05) is 20.8 Å². The van der Waals surface area contributed by atoms with Crippen molar-refractivity contribution in [3.05, 3.63) is 63.2 Å². The first-order valence-corrected chi connectivity index (χ1v) is 11.6. The zero-order valence-electron chi connectivity index (χ0n) is 19.4. The topological polar surface area (TPSA) is 97.5 Å². The third kappa shape index (κ3) is 3.90. The number of fused-ring (bicyclic) bond motifs is 3. The summed E-state index contributed by atoms with van der Waals surface area (Å²) in [6.45, 7) is 0.726. The monoisotopic (exact) mass is 464 g/mol. The third-order valence-electron chi connectivity index (χ3n) is 7.05. The number of methoxy groups -OCH3 is 2. The second-order valence-corrected chi connectivity index (χ2v) is 8.95. The number of nitro benzene ring substituents is 1. The maximum Gasteiger partial charge on any atom is 0.269 e. The molecule has 0 bridgehead atoms. The zero-order chi connectivity index (χ0) is 23.8. The fourth-order valence-corrected chi connectivity index (χ4v) is 5.35. The van der Waals surface area contributed by atoms with Gasteiger partial charge in [-0.15, -0.1) is 0 Å². The van der Waals surface area contributed by atoms with Crippen LogP contribution in [0, 0.1) is 10.1 Å². The fourth-order valence-electron chi connectivity index (χ4n) is 5.35. The number of nitro groups is 1. The summed E-state index contributed by atoms with van der Waals surface area (Å²) in [4.78, 5) is 26.6. The lowest BCUT2D eigenvalue weighted by molar-refractivity contribution is -0.384. The van der Waals surface area contributed by atoms with Crippen LogP contribution in [0.5, 0.6) is 11.5 Å². The van der Waals surface area contributed by atoms with Crippen molar-refractivity contribution in [3.63, 3.8) is 0 Å². The van der Waals surface area contributed by atoms with E-state index in [2.05, 4.69) is 4.90 Å². The minimum Gasteiger partial charge on any atom is -0.493 e. The van der Waals surface area contributed by atoms with Crippen LogP contribution >= 0.6 is 0 Å². The number of hydrazone groups is 1. The molecule has 2 heterocycles. The highest BCUT2D eigenvalue weighted by molar-refractivity contribution is 5.88. The van der Waals surface area contributed by atoms with E-state index in [0.717, 1.165) is 61.1 Å². The molecule has 1 saturated heterocycles. The molecule has 2 fully saturated rings. The molecule has 2 aromatic carbocycles. The number of ether oxygens (including phenoxy) is 2. The van der Waals surface area contributed by atoms with Gasteiger partial charge in [-0.1, -0.05) is 0 Å². The Balaban J connectivity index is 1.58. The van der Waals surface area contributed by atoms with E-state index in [0.29, 0.717) is 17.9 Å². The molecule has 3 aliphatic rings. The largest absolute Gasteiger partial charge is 0.493 e. The van der Waals surface area contributed by atoms with Crippen LogP contribution in [0.25, 0.3) is 0 Å². The number of benzene rings is 2. The number of hydrogen-bond donors (Lipinski definition) is 0. The molecule has 2 atom stereocenters. The minimum atomic E-state index is -0.429. The van der Waals surface area contributed by atoms with Gasteiger partial charge in [-0.2, -0.15) is 5.10 Å². The van der Waals surface area contributed by atoms with E-state index in [1.54, 1.807) is 31.4 Å². The van der Waals surface area contributed by atoms with E-state index < -0.39 is 11.1 Å². The van der Waals surface area contributed by atoms with E-state index in [1.807, 2.05) is 12.1 Å². The number of carbonyl (C=O) groups excluding carboxylic acids is 1. The van der Waals surface area contributed by atoms with Crippen LogP contribution in [0.15, 0.2) is 41.5 Å². The number of hydrogen-bond acceptors (Lipinski definition) is 7. The van der Waals surface area contributed by atoms with Gasteiger partial charge in [-0.25, -0.2) is 5.01 Å². The van der Waals surface area contributed by atoms with Crippen LogP contribution in [0.2, 0.25) is 0 Å². The van der Waals surface area contributed by atoms with Crippen molar-refractivity contribution in [2.24, 2.45) is 5.10 Å². The van der Waals surface area contributed by atoms with Gasteiger partial charge in [0.2, 0.25) is 5.91 Å². The quantitative estimate of drug-likeness (QED) is 0.481. The number of rotatable bonds is 5. The number of carbonyl (C=O) groups is 1. The van der Waals surface area contributed by atoms with Crippen molar-refractivity contribution < 1.29 is 19.2 Å². The number of non-ortho nitro benzene ring substituents is 1. The van der Waals surface area contributed by atoms with Gasteiger partial charge in [0.05, 0.1) is 19.1 Å². The Kier molecular flexibility index (Phi) is 5.95. The molecule has 34 heavy (non-hydrogen) atoms. The van der Waals surface area contributed by atoms with Gasteiger partial charge >= 0.3 is 0 Å². The lowest BCUT2D eigenvalue weighted by Crippen LogP contribution is -2.52. The van der Waals surface area contributed by atoms with Gasteiger partial charge in [-0.05, 0) is 73.1 Å². The normalized spacial score (nSPS) is 22.2. The zero-order valence-corrected chi connectivity index (χ0v) is 19.4. The van der Waals surface area contributed by atoms with E-state index in [-0.39, 0.29) is 17.6 Å². The van der Waals surface area contributed by atoms with Crippen LogP contribution in [0.3, 0.4) is 0 Å². The molecule has 9 heteroatoms. The summed E-state index contributed by atoms with van der Waals surface area (Å²) in [5.41, 5.74) is 4.08. The summed E-state index contributed by atoms with van der Waals surface area (Å²) >= 11 is 0. The standard InChI is InChI=1S/C25H28N4O5/c1-33-22-13-17-11-12-27-21(20(17)14-23(22)34-2)15-24(30)28(26-18-5-3-4-6-18)25(27)16-7-9-19(10-8-16)29(31)32/h7-10,13-14,21,25H,3-6,11-12,15H2,1-2H3. The summed E-state index contributed by atoms with van der Waals surface area (Å²) in [5.74, 6) is 1.26. The van der Waals surface area contributed by atoms with Crippen LogP contribution in [-0.2, 0) is 11.2 Å². The predicted molar refractivity (Wildman–Crippen MR) is 126 cm³/mol. The molecule has 5 rings (SSSR count). The van der Waals surface area contributed by atoms with Crippen LogP contribution < -0.4 is 9.47 Å². The van der Waals surface area contributed by atoms with Crippen molar-refractivity contribution >= 4 is 17.3 Å². The van der Waals surface area contributed by atoms with Gasteiger partial charge in [0.1, 0.15) is 6.17 Å². The van der Waals surface area contributed by atoms with Gasteiger partial charge in [0, 0.05) is 36.9 Å². The molecule has 1 saturated carbocycles.